The summed E-state index contributed by atoms with van der Waals surface area (Å²) in [6, 6.07) is 18.5. The molecule has 36 heavy (non-hydrogen) atoms. The van der Waals surface area contributed by atoms with E-state index in [-0.39, 0.29) is 17.3 Å². The Morgan fingerprint density at radius 3 is 2.31 bits per heavy atom. The van der Waals surface area contributed by atoms with Gasteiger partial charge in [-0.05, 0) is 73.4 Å². The Hall–Kier alpha value is -4.13. The van der Waals surface area contributed by atoms with Crippen molar-refractivity contribution in [1.82, 2.24) is 0 Å². The second-order valence-corrected chi connectivity index (χ2v) is 9.30. The van der Waals surface area contributed by atoms with E-state index in [1.54, 1.807) is 73.8 Å². The molecule has 1 saturated heterocycles. The van der Waals surface area contributed by atoms with E-state index in [4.69, 9.17) is 4.74 Å². The van der Waals surface area contributed by atoms with Crippen LogP contribution in [0.5, 0.6) is 5.75 Å². The van der Waals surface area contributed by atoms with Gasteiger partial charge in [-0.15, -0.1) is 0 Å². The van der Waals surface area contributed by atoms with Gasteiger partial charge in [0.2, 0.25) is 5.69 Å². The predicted octanol–water partition coefficient (Wildman–Crippen LogP) is 4.83. The van der Waals surface area contributed by atoms with Crippen LogP contribution in [0.4, 0.5) is 5.69 Å². The number of Topliss-reactive ketones (excluding diaryl/α,β-unsaturated/α-hetero) is 1. The Kier molecular flexibility index (Phi) is 6.46. The second-order valence-electron chi connectivity index (χ2n) is 9.30. The molecule has 7 heteroatoms. The minimum Gasteiger partial charge on any atom is -0.618 e. The molecular formula is C29H28N2O5. The number of aliphatic hydroxyl groups excluding tert-OH is 1. The van der Waals surface area contributed by atoms with Crippen molar-refractivity contribution in [3.8, 4) is 17.0 Å². The topological polar surface area (TPSA) is 93.8 Å². The minimum absolute atomic E-state index is 0.0575. The summed E-state index contributed by atoms with van der Waals surface area (Å²) in [5.41, 5.74) is 2.39. The number of anilines is 1. The monoisotopic (exact) mass is 484 g/mol. The summed E-state index contributed by atoms with van der Waals surface area (Å²) in [6.45, 7) is 0. The van der Waals surface area contributed by atoms with Crippen LogP contribution in [0.25, 0.3) is 17.0 Å². The van der Waals surface area contributed by atoms with Crippen molar-refractivity contribution in [2.45, 2.75) is 38.1 Å². The quantitative estimate of drug-likeness (QED) is 0.184. The van der Waals surface area contributed by atoms with E-state index in [9.17, 15) is 19.9 Å². The van der Waals surface area contributed by atoms with Crippen LogP contribution >= 0.6 is 0 Å². The van der Waals surface area contributed by atoms with Crippen molar-refractivity contribution >= 4 is 23.1 Å². The third-order valence-electron chi connectivity index (χ3n) is 7.21. The Bertz CT molecular complexity index is 1310. The molecule has 1 aliphatic carbocycles. The molecule has 2 fully saturated rings. The largest absolute Gasteiger partial charge is 0.618 e. The third-order valence-corrected chi connectivity index (χ3v) is 7.21. The average molecular weight is 485 g/mol. The highest BCUT2D eigenvalue weighted by atomic mass is 16.5. The standard InChI is InChI=1S/C29H28N2O5/c1-36-23-16-12-21(13-17-23)27(32)25-26(20-7-3-2-4-8-20)31(29(34)28(25)33)22-14-10-19(11-15-22)24-9-5-6-18-30(24)35/h5-6,9-18,20,26,32H,2-4,7-8H2,1H3. The number of carbonyl (C=O) groups is 2. The molecule has 1 saturated carbocycles. The lowest BCUT2D eigenvalue weighted by Gasteiger charge is -2.34. The van der Waals surface area contributed by atoms with Crippen molar-refractivity contribution in [2.75, 3.05) is 12.0 Å². The van der Waals surface area contributed by atoms with E-state index in [1.807, 2.05) is 0 Å². The molecule has 0 radical (unpaired) electrons. The van der Waals surface area contributed by atoms with E-state index in [2.05, 4.69) is 0 Å². The number of methoxy groups -OCH3 is 1. The Labute approximate surface area is 209 Å². The minimum atomic E-state index is -0.677. The summed E-state index contributed by atoms with van der Waals surface area (Å²) in [5, 5.41) is 23.4. The van der Waals surface area contributed by atoms with E-state index < -0.39 is 17.7 Å². The van der Waals surface area contributed by atoms with Gasteiger partial charge in [-0.25, -0.2) is 0 Å². The fourth-order valence-corrected chi connectivity index (χ4v) is 5.39. The zero-order valence-electron chi connectivity index (χ0n) is 20.1. The van der Waals surface area contributed by atoms with Crippen LogP contribution in [-0.2, 0) is 9.59 Å². The molecule has 5 rings (SSSR count). The highest BCUT2D eigenvalue weighted by molar-refractivity contribution is 6.51. The molecule has 1 amide bonds. The summed E-state index contributed by atoms with van der Waals surface area (Å²) in [6.07, 6.45) is 6.34. The fraction of sp³-hybridized carbons (Fsp3) is 0.276. The molecule has 184 valence electrons. The van der Waals surface area contributed by atoms with Gasteiger partial charge in [0, 0.05) is 28.9 Å². The molecule has 7 nitrogen and oxygen atoms in total. The highest BCUT2D eigenvalue weighted by Gasteiger charge is 2.49. The molecule has 1 atom stereocenters. The van der Waals surface area contributed by atoms with Crippen molar-refractivity contribution in [2.24, 2.45) is 5.92 Å². The number of pyridine rings is 1. The van der Waals surface area contributed by atoms with Crippen molar-refractivity contribution < 1.29 is 24.2 Å². The van der Waals surface area contributed by atoms with Crippen LogP contribution in [-0.4, -0.2) is 29.9 Å². The number of ketones is 1. The number of benzene rings is 2. The van der Waals surface area contributed by atoms with Crippen LogP contribution in [0.15, 0.2) is 78.5 Å². The molecule has 0 spiro atoms. The molecule has 2 heterocycles. The lowest BCUT2D eigenvalue weighted by molar-refractivity contribution is -0.593. The van der Waals surface area contributed by atoms with Crippen LogP contribution in [0, 0.1) is 11.1 Å². The summed E-state index contributed by atoms with van der Waals surface area (Å²) in [7, 11) is 1.56. The first-order valence-electron chi connectivity index (χ1n) is 12.2. The van der Waals surface area contributed by atoms with Gasteiger partial charge in [0.05, 0.1) is 18.7 Å². The van der Waals surface area contributed by atoms with Gasteiger partial charge in [0.15, 0.2) is 6.20 Å². The SMILES string of the molecule is COc1ccc(C(O)=C2C(=O)C(=O)N(c3ccc(-c4cccc[n+]4[O-])cc3)C2C2CCCCC2)cc1. The molecule has 2 aliphatic rings. The molecule has 0 bridgehead atoms. The third kappa shape index (κ3) is 4.21. The molecule has 1 aromatic heterocycles. The molecule has 2 aromatic carbocycles. The van der Waals surface area contributed by atoms with Gasteiger partial charge in [-0.1, -0.05) is 19.3 Å². The first kappa shape index (κ1) is 23.6. The van der Waals surface area contributed by atoms with Crippen LogP contribution in [0.1, 0.15) is 37.7 Å². The van der Waals surface area contributed by atoms with E-state index in [0.29, 0.717) is 28.3 Å². The number of nitrogens with zero attached hydrogens (tertiary/aromatic N) is 2. The Morgan fingerprint density at radius 2 is 1.67 bits per heavy atom. The maximum Gasteiger partial charge on any atom is 0.299 e. The number of aromatic nitrogens is 1. The zero-order chi connectivity index (χ0) is 25.2. The zero-order valence-corrected chi connectivity index (χ0v) is 20.1. The van der Waals surface area contributed by atoms with Gasteiger partial charge in [0.1, 0.15) is 11.5 Å². The van der Waals surface area contributed by atoms with Gasteiger partial charge in [-0.3, -0.25) is 14.5 Å². The normalized spacial score (nSPS) is 20.0. The maximum absolute atomic E-state index is 13.4. The number of rotatable bonds is 5. The summed E-state index contributed by atoms with van der Waals surface area (Å²) < 4.78 is 5.99. The van der Waals surface area contributed by atoms with Crippen molar-refractivity contribution in [3.05, 3.63) is 89.3 Å². The first-order valence-corrected chi connectivity index (χ1v) is 12.2. The van der Waals surface area contributed by atoms with Crippen molar-refractivity contribution in [3.63, 3.8) is 0 Å². The Balaban J connectivity index is 1.57. The number of hydrogen-bond acceptors (Lipinski definition) is 5. The summed E-state index contributed by atoms with van der Waals surface area (Å²) in [4.78, 5) is 28.2. The Morgan fingerprint density at radius 1 is 0.972 bits per heavy atom. The summed E-state index contributed by atoms with van der Waals surface area (Å²) in [5.74, 6) is -0.798. The van der Waals surface area contributed by atoms with Crippen LogP contribution < -0.4 is 14.4 Å². The highest BCUT2D eigenvalue weighted by Crippen LogP contribution is 2.41. The number of amides is 1. The second kappa shape index (κ2) is 9.85. The molecule has 1 aliphatic heterocycles. The lowest BCUT2D eigenvalue weighted by atomic mass is 9.80. The first-order chi connectivity index (χ1) is 17.5. The number of ether oxygens (including phenoxy) is 1. The van der Waals surface area contributed by atoms with E-state index in [1.165, 1.54) is 11.1 Å². The van der Waals surface area contributed by atoms with Gasteiger partial charge in [0.25, 0.3) is 11.7 Å². The summed E-state index contributed by atoms with van der Waals surface area (Å²) >= 11 is 0. The van der Waals surface area contributed by atoms with Gasteiger partial charge in [-0.2, -0.15) is 4.73 Å². The van der Waals surface area contributed by atoms with E-state index >= 15 is 0 Å². The van der Waals surface area contributed by atoms with Gasteiger partial charge < -0.3 is 15.1 Å². The van der Waals surface area contributed by atoms with Gasteiger partial charge >= 0.3 is 0 Å². The molecular weight excluding hydrogens is 456 g/mol. The lowest BCUT2D eigenvalue weighted by Crippen LogP contribution is -2.40. The van der Waals surface area contributed by atoms with Crippen LogP contribution in [0.3, 0.4) is 0 Å². The number of hydrogen-bond donors (Lipinski definition) is 1. The number of aliphatic hydroxyl groups is 1. The van der Waals surface area contributed by atoms with Crippen molar-refractivity contribution in [1.29, 1.82) is 0 Å². The number of carbonyl (C=O) groups excluding carboxylic acids is 2. The maximum atomic E-state index is 13.4. The van der Waals surface area contributed by atoms with Crippen LogP contribution in [0.2, 0.25) is 0 Å². The molecule has 1 N–H and O–H groups in total. The smallest absolute Gasteiger partial charge is 0.299 e. The average Bonchev–Trinajstić information content (AvgIpc) is 3.19. The fourth-order valence-electron chi connectivity index (χ4n) is 5.39. The van der Waals surface area contributed by atoms with E-state index in [0.717, 1.165) is 36.8 Å². The molecule has 3 aromatic rings. The predicted molar refractivity (Wildman–Crippen MR) is 136 cm³/mol. The molecule has 1 unspecified atom stereocenters.